The molecule has 1 unspecified atom stereocenters. The molecular formula is C20H24N10O12P2S+2. The summed E-state index contributed by atoms with van der Waals surface area (Å²) in [5, 5.41) is 31.1. The Bertz CT molecular complexity index is 1870. The topological polar surface area (TPSA) is 319 Å². The zero-order valence-corrected chi connectivity index (χ0v) is 24.9. The van der Waals surface area contributed by atoms with Crippen molar-refractivity contribution in [3.05, 3.63) is 46.0 Å². The van der Waals surface area contributed by atoms with Crippen molar-refractivity contribution in [2.45, 2.75) is 18.9 Å². The molecule has 4 aliphatic heterocycles. The minimum absolute atomic E-state index is 0.0258. The maximum Gasteiger partial charge on any atom is 0.663 e. The van der Waals surface area contributed by atoms with Crippen LogP contribution in [0, 0.1) is 4.64 Å². The number of nitrogens with one attached hydrogen (secondary N) is 4. The van der Waals surface area contributed by atoms with Crippen molar-refractivity contribution in [3.8, 4) is 11.5 Å². The summed E-state index contributed by atoms with van der Waals surface area (Å²) >= 11 is 5.18. The number of nitrogens with zero attached hydrogens (tertiary/aromatic N) is 4. The van der Waals surface area contributed by atoms with Crippen molar-refractivity contribution in [2.24, 2.45) is 5.73 Å². The third kappa shape index (κ3) is 5.10. The van der Waals surface area contributed by atoms with E-state index < -0.39 is 64.0 Å². The van der Waals surface area contributed by atoms with Gasteiger partial charge in [-0.3, -0.25) is 18.9 Å². The Labute approximate surface area is 256 Å². The maximum atomic E-state index is 11.1. The van der Waals surface area contributed by atoms with Crippen molar-refractivity contribution in [1.82, 2.24) is 35.5 Å². The smallest absolute Gasteiger partial charge is 0.500 e. The number of aromatic amines is 1. The van der Waals surface area contributed by atoms with E-state index in [4.69, 9.17) is 50.9 Å². The number of aliphatic hydroxyl groups excluding tert-OH is 1. The second-order valence-corrected chi connectivity index (χ2v) is 12.8. The van der Waals surface area contributed by atoms with E-state index in [1.54, 1.807) is 0 Å². The number of nitrogen functional groups attached to an aromatic ring is 1. The Morgan fingerprint density at radius 2 is 1.91 bits per heavy atom. The standard InChI is InChI=1S/C20H22N10O12P2S/c21-14-8-15(24-3-23-14)29(4-25-8)18-11(32)12-7(40-18)2-38-44(35,36)42-13-10(31)6(1-37-43(33,34)41-12)39-19(13)30-5-26-9-16(30)27-20(22)28-17(9)45/h1,5,10,15,23-25,31,33-36H,2-4,21H2,(H2-2,22,27,28,32,45)/p+2/b6-1+/t10-,15?/m1/s1. The van der Waals surface area contributed by atoms with Crippen LogP contribution in [0.2, 0.25) is 0 Å². The van der Waals surface area contributed by atoms with Gasteiger partial charge in [-0.05, 0) is 0 Å². The summed E-state index contributed by atoms with van der Waals surface area (Å²) < 4.78 is 33.4. The number of rotatable bonds is 2. The van der Waals surface area contributed by atoms with Gasteiger partial charge in [0.2, 0.25) is 11.6 Å². The van der Waals surface area contributed by atoms with Crippen molar-refractivity contribution < 1.29 is 57.0 Å². The van der Waals surface area contributed by atoms with E-state index in [1.807, 2.05) is 0 Å². The van der Waals surface area contributed by atoms with Gasteiger partial charge in [0.1, 0.15) is 23.8 Å². The molecule has 0 saturated carbocycles. The molecule has 2 atom stereocenters. The molecule has 7 rings (SSSR count). The van der Waals surface area contributed by atoms with Crippen LogP contribution < -0.4 is 36.8 Å². The molecule has 0 spiro atoms. The normalized spacial score (nSPS) is 25.2. The summed E-state index contributed by atoms with van der Waals surface area (Å²) in [5.74, 6) is -3.28. The molecule has 0 radical (unpaired) electrons. The van der Waals surface area contributed by atoms with E-state index >= 15 is 0 Å². The molecule has 0 aromatic carbocycles. The van der Waals surface area contributed by atoms with Crippen LogP contribution in [0.1, 0.15) is 5.76 Å². The summed E-state index contributed by atoms with van der Waals surface area (Å²) in [6, 6.07) is 0. The van der Waals surface area contributed by atoms with Gasteiger partial charge in [-0.1, -0.05) is 12.2 Å². The van der Waals surface area contributed by atoms with Crippen LogP contribution in [0.3, 0.4) is 0 Å². The predicted molar refractivity (Wildman–Crippen MR) is 153 cm³/mol. The van der Waals surface area contributed by atoms with Crippen LogP contribution in [0.5, 0.6) is 11.5 Å². The molecule has 25 heteroatoms. The van der Waals surface area contributed by atoms with Gasteiger partial charge < -0.3 is 51.4 Å². The monoisotopic (exact) mass is 690 g/mol. The van der Waals surface area contributed by atoms with Gasteiger partial charge in [-0.25, -0.2) is 14.5 Å². The fourth-order valence-electron chi connectivity index (χ4n) is 4.78. The van der Waals surface area contributed by atoms with E-state index in [0.717, 1.165) is 4.57 Å². The lowest BCUT2D eigenvalue weighted by atomic mass is 10.3. The fraction of sp³-hybridized carbons (Fsp3) is 0.250. The highest BCUT2D eigenvalue weighted by atomic mass is 32.1. The molecule has 1 fully saturated rings. The molecule has 0 aliphatic carbocycles. The lowest BCUT2D eigenvalue weighted by molar-refractivity contribution is 0.102. The summed E-state index contributed by atoms with van der Waals surface area (Å²) in [7, 11) is -9.82. The SMILES string of the molecule is NC1=C2NCN(c3oc4c(c3O)O[P+](O)(O)O/C=C3/OC(n5cnc6c(=S)nc(N)[nH]c65)=C(O[P+](O)(O)OC4)[C@@H]3O)C2NCN1. The van der Waals surface area contributed by atoms with Crippen LogP contribution in [0.4, 0.5) is 11.8 Å². The second-order valence-electron chi connectivity index (χ2n) is 9.58. The largest absolute Gasteiger partial charge is 0.663 e. The molecule has 3 aromatic rings. The Balaban J connectivity index is 1.28. The van der Waals surface area contributed by atoms with E-state index in [-0.39, 0.29) is 46.9 Å². The number of aromatic hydroxyl groups is 1. The Hall–Kier alpha value is -4.15. The third-order valence-corrected chi connectivity index (χ3v) is 8.72. The average molecular weight is 690 g/mol. The van der Waals surface area contributed by atoms with Crippen LogP contribution >= 0.6 is 28.6 Å². The number of aliphatic hydroxyl groups is 1. The summed E-state index contributed by atoms with van der Waals surface area (Å²) in [6.07, 6.45) is -0.721. The second kappa shape index (κ2) is 10.5. The van der Waals surface area contributed by atoms with Crippen molar-refractivity contribution in [3.63, 3.8) is 0 Å². The molecule has 0 amide bonds. The molecular weight excluding hydrogens is 666 g/mol. The first-order chi connectivity index (χ1) is 21.3. The number of imidazole rings is 1. The molecule has 14 N–H and O–H groups in total. The zero-order chi connectivity index (χ0) is 31.8. The van der Waals surface area contributed by atoms with Gasteiger partial charge in [0.25, 0.3) is 17.4 Å². The van der Waals surface area contributed by atoms with Crippen LogP contribution in [-0.4, -0.2) is 74.9 Å². The zero-order valence-electron chi connectivity index (χ0n) is 22.3. The van der Waals surface area contributed by atoms with Gasteiger partial charge in [0.15, 0.2) is 46.7 Å². The van der Waals surface area contributed by atoms with Crippen LogP contribution in [0.15, 0.2) is 40.0 Å². The first-order valence-corrected chi connectivity index (χ1v) is 16.1. The number of fused-ring (bicyclic) bond motifs is 5. The van der Waals surface area contributed by atoms with Crippen molar-refractivity contribution in [1.29, 1.82) is 0 Å². The maximum absolute atomic E-state index is 11.1. The molecule has 4 aliphatic rings. The van der Waals surface area contributed by atoms with E-state index in [1.165, 1.54) is 11.2 Å². The van der Waals surface area contributed by atoms with Crippen molar-refractivity contribution in [2.75, 3.05) is 24.0 Å². The third-order valence-electron chi connectivity index (χ3n) is 6.74. The number of nitrogens with two attached hydrogens (primary N) is 2. The highest BCUT2D eigenvalue weighted by molar-refractivity contribution is 7.71. The number of aromatic nitrogens is 4. The number of H-pyrrole nitrogens is 1. The van der Waals surface area contributed by atoms with E-state index in [9.17, 15) is 29.8 Å². The van der Waals surface area contributed by atoms with E-state index in [2.05, 4.69) is 30.9 Å². The molecule has 45 heavy (non-hydrogen) atoms. The lowest BCUT2D eigenvalue weighted by Gasteiger charge is -2.28. The van der Waals surface area contributed by atoms with Gasteiger partial charge in [0.05, 0.1) is 19.0 Å². The Kier molecular flexibility index (Phi) is 6.87. The number of ether oxygens (including phenoxy) is 1. The Morgan fingerprint density at radius 1 is 1.11 bits per heavy atom. The summed E-state index contributed by atoms with van der Waals surface area (Å²) in [5.41, 5.74) is 12.6. The summed E-state index contributed by atoms with van der Waals surface area (Å²) in [4.78, 5) is 55.1. The van der Waals surface area contributed by atoms with Gasteiger partial charge in [-0.2, -0.15) is 19.6 Å². The minimum Gasteiger partial charge on any atom is -0.500 e. The quantitative estimate of drug-likeness (QED) is 0.109. The number of hydrogen-bond donors (Lipinski definition) is 12. The predicted octanol–water partition coefficient (Wildman–Crippen LogP) is -1.33. The summed E-state index contributed by atoms with van der Waals surface area (Å²) in [6.45, 7) is -0.503. The van der Waals surface area contributed by atoms with Crippen molar-refractivity contribution >= 4 is 57.4 Å². The molecule has 2 bridgehead atoms. The molecule has 1 saturated heterocycles. The first kappa shape index (κ1) is 29.6. The highest BCUT2D eigenvalue weighted by Crippen LogP contribution is 2.61. The molecule has 22 nitrogen and oxygen atoms in total. The number of hydrogen-bond acceptors (Lipinski definition) is 21. The highest BCUT2D eigenvalue weighted by Gasteiger charge is 2.53. The van der Waals surface area contributed by atoms with E-state index in [0.29, 0.717) is 17.8 Å². The van der Waals surface area contributed by atoms with Gasteiger partial charge in [0, 0.05) is 0 Å². The number of furan rings is 1. The average Bonchev–Trinajstić information content (AvgIpc) is 3.72. The molecule has 240 valence electrons. The number of anilines is 2. The van der Waals surface area contributed by atoms with Gasteiger partial charge >= 0.3 is 16.3 Å². The van der Waals surface area contributed by atoms with Gasteiger partial charge in [-0.15, -0.1) is 4.52 Å². The Morgan fingerprint density at radius 3 is 2.71 bits per heavy atom. The van der Waals surface area contributed by atoms with Crippen LogP contribution in [0.25, 0.3) is 17.0 Å². The molecule has 7 heterocycles. The lowest BCUT2D eigenvalue weighted by Crippen LogP contribution is -2.51. The minimum atomic E-state index is -4.91. The van der Waals surface area contributed by atoms with Crippen LogP contribution in [-0.2, 0) is 24.9 Å². The first-order valence-electron chi connectivity index (χ1n) is 12.6. The molecule has 3 aromatic heterocycles. The fourth-order valence-corrected chi connectivity index (χ4v) is 6.51.